The first-order valence-electron chi connectivity index (χ1n) is 7.84. The molecule has 2 rings (SSSR count). The molecule has 2 N–H and O–H groups in total. The number of nitrogens with two attached hydrogens (primary N) is 1. The Labute approximate surface area is 127 Å². The topological polar surface area (TPSA) is 49.6 Å². The summed E-state index contributed by atoms with van der Waals surface area (Å²) in [6.07, 6.45) is 3.52. The van der Waals surface area contributed by atoms with Gasteiger partial charge in [-0.1, -0.05) is 36.2 Å². The Hall–Kier alpha value is -1.39. The van der Waals surface area contributed by atoms with E-state index in [1.165, 1.54) is 24.0 Å². The number of likely N-dealkylation sites (tertiary alicyclic amines) is 1. The van der Waals surface area contributed by atoms with Crippen LogP contribution < -0.4 is 5.73 Å². The number of aryl methyl sites for hydroxylation is 1. The molecule has 1 heterocycles. The van der Waals surface area contributed by atoms with Crippen molar-refractivity contribution in [3.05, 3.63) is 35.4 Å². The van der Waals surface area contributed by atoms with Crippen molar-refractivity contribution in [2.24, 2.45) is 5.73 Å². The summed E-state index contributed by atoms with van der Waals surface area (Å²) in [5.41, 5.74) is 8.23. The van der Waals surface area contributed by atoms with Crippen LogP contribution >= 0.6 is 0 Å². The molecular formula is C17H27N3O. The Morgan fingerprint density at radius 2 is 2.05 bits per heavy atom. The fourth-order valence-corrected chi connectivity index (χ4v) is 2.89. The molecule has 0 aliphatic carbocycles. The second kappa shape index (κ2) is 7.57. The number of carbonyl (C=O) groups is 1. The zero-order chi connectivity index (χ0) is 15.2. The predicted molar refractivity (Wildman–Crippen MR) is 85.9 cm³/mol. The highest BCUT2D eigenvalue weighted by molar-refractivity contribution is 5.78. The maximum Gasteiger partial charge on any atom is 0.236 e. The molecule has 1 aromatic rings. The third-order valence-electron chi connectivity index (χ3n) is 4.33. The molecule has 0 bridgehead atoms. The molecule has 1 saturated heterocycles. The molecule has 0 spiro atoms. The molecular weight excluding hydrogens is 262 g/mol. The van der Waals surface area contributed by atoms with Gasteiger partial charge < -0.3 is 10.6 Å². The summed E-state index contributed by atoms with van der Waals surface area (Å²) < 4.78 is 0. The van der Waals surface area contributed by atoms with Crippen LogP contribution in [0.3, 0.4) is 0 Å². The Balaban J connectivity index is 1.88. The largest absolute Gasteiger partial charge is 0.340 e. The third kappa shape index (κ3) is 4.55. The molecule has 4 heteroatoms. The number of rotatable bonds is 5. The zero-order valence-electron chi connectivity index (χ0n) is 13.2. The van der Waals surface area contributed by atoms with Crippen molar-refractivity contribution < 1.29 is 4.79 Å². The molecule has 1 amide bonds. The molecule has 1 aliphatic heterocycles. The van der Waals surface area contributed by atoms with E-state index in [9.17, 15) is 4.79 Å². The monoisotopic (exact) mass is 289 g/mol. The van der Waals surface area contributed by atoms with Gasteiger partial charge in [0.05, 0.1) is 6.54 Å². The van der Waals surface area contributed by atoms with Crippen LogP contribution in [0.25, 0.3) is 0 Å². The molecule has 1 aliphatic rings. The molecule has 1 unspecified atom stereocenters. The average molecular weight is 289 g/mol. The van der Waals surface area contributed by atoms with Gasteiger partial charge >= 0.3 is 0 Å². The number of piperidine rings is 1. The maximum absolute atomic E-state index is 12.4. The van der Waals surface area contributed by atoms with Crippen molar-refractivity contribution in [1.29, 1.82) is 0 Å². The van der Waals surface area contributed by atoms with Gasteiger partial charge in [-0.2, -0.15) is 0 Å². The Morgan fingerprint density at radius 1 is 1.33 bits per heavy atom. The van der Waals surface area contributed by atoms with Gasteiger partial charge in [0.2, 0.25) is 5.91 Å². The summed E-state index contributed by atoms with van der Waals surface area (Å²) in [6.45, 7) is 4.87. The Bertz CT molecular complexity index is 458. The van der Waals surface area contributed by atoms with E-state index in [1.807, 2.05) is 11.9 Å². The van der Waals surface area contributed by atoms with Crippen LogP contribution in [0, 0.1) is 6.92 Å². The average Bonchev–Trinajstić information content (AvgIpc) is 2.50. The van der Waals surface area contributed by atoms with Crippen molar-refractivity contribution in [2.45, 2.75) is 38.8 Å². The fourth-order valence-electron chi connectivity index (χ4n) is 2.89. The zero-order valence-corrected chi connectivity index (χ0v) is 13.2. The minimum absolute atomic E-state index is 0.177. The molecule has 4 nitrogen and oxygen atoms in total. The normalized spacial score (nSPS) is 19.5. The van der Waals surface area contributed by atoms with Gasteiger partial charge in [-0.15, -0.1) is 0 Å². The lowest BCUT2D eigenvalue weighted by Crippen LogP contribution is -2.48. The summed E-state index contributed by atoms with van der Waals surface area (Å²) in [5, 5.41) is 0. The standard InChI is InChI=1S/C17H27N3O/c1-14-6-8-15(9-7-14)12-19(2)17(21)13-20-10-4-3-5-16(20)11-18/h6-9,16H,3-5,10-13,18H2,1-2H3. The van der Waals surface area contributed by atoms with Crippen LogP contribution in [-0.4, -0.2) is 48.4 Å². The highest BCUT2D eigenvalue weighted by Gasteiger charge is 2.24. The number of benzene rings is 1. The minimum Gasteiger partial charge on any atom is -0.340 e. The summed E-state index contributed by atoms with van der Waals surface area (Å²) in [6, 6.07) is 8.71. The third-order valence-corrected chi connectivity index (χ3v) is 4.33. The van der Waals surface area contributed by atoms with E-state index in [4.69, 9.17) is 5.73 Å². The van der Waals surface area contributed by atoms with Crippen molar-refractivity contribution in [3.63, 3.8) is 0 Å². The molecule has 0 saturated carbocycles. The number of hydrogen-bond acceptors (Lipinski definition) is 3. The molecule has 1 aromatic carbocycles. The number of likely N-dealkylation sites (N-methyl/N-ethyl adjacent to an activating group) is 1. The highest BCUT2D eigenvalue weighted by atomic mass is 16.2. The van der Waals surface area contributed by atoms with E-state index in [1.54, 1.807) is 0 Å². The van der Waals surface area contributed by atoms with E-state index >= 15 is 0 Å². The summed E-state index contributed by atoms with van der Waals surface area (Å²) in [5.74, 6) is 0.177. The van der Waals surface area contributed by atoms with E-state index in [-0.39, 0.29) is 5.91 Å². The van der Waals surface area contributed by atoms with Crippen LogP contribution in [0.4, 0.5) is 0 Å². The quantitative estimate of drug-likeness (QED) is 0.898. The SMILES string of the molecule is Cc1ccc(CN(C)C(=O)CN2CCCCC2CN)cc1. The van der Waals surface area contributed by atoms with Gasteiger partial charge in [-0.25, -0.2) is 0 Å². The van der Waals surface area contributed by atoms with E-state index in [0.29, 0.717) is 25.7 Å². The lowest BCUT2D eigenvalue weighted by atomic mass is 10.0. The molecule has 21 heavy (non-hydrogen) atoms. The van der Waals surface area contributed by atoms with E-state index in [0.717, 1.165) is 13.0 Å². The fraction of sp³-hybridized carbons (Fsp3) is 0.588. The Kier molecular flexibility index (Phi) is 5.76. The van der Waals surface area contributed by atoms with Gasteiger partial charge in [0.15, 0.2) is 0 Å². The van der Waals surface area contributed by atoms with Gasteiger partial charge in [-0.3, -0.25) is 9.69 Å². The molecule has 0 radical (unpaired) electrons. The number of carbonyl (C=O) groups excluding carboxylic acids is 1. The maximum atomic E-state index is 12.4. The lowest BCUT2D eigenvalue weighted by Gasteiger charge is -2.35. The first-order chi connectivity index (χ1) is 10.1. The van der Waals surface area contributed by atoms with Crippen LogP contribution in [-0.2, 0) is 11.3 Å². The van der Waals surface area contributed by atoms with Gasteiger partial charge in [0.1, 0.15) is 0 Å². The number of nitrogens with zero attached hydrogens (tertiary/aromatic N) is 2. The predicted octanol–water partition coefficient (Wildman–Crippen LogP) is 1.77. The van der Waals surface area contributed by atoms with Crippen molar-refractivity contribution in [2.75, 3.05) is 26.7 Å². The minimum atomic E-state index is 0.177. The summed E-state index contributed by atoms with van der Waals surface area (Å²) in [4.78, 5) is 16.4. The highest BCUT2D eigenvalue weighted by Crippen LogP contribution is 2.16. The molecule has 1 fully saturated rings. The second-order valence-electron chi connectivity index (χ2n) is 6.09. The first-order valence-corrected chi connectivity index (χ1v) is 7.84. The van der Waals surface area contributed by atoms with Gasteiger partial charge in [-0.05, 0) is 31.9 Å². The summed E-state index contributed by atoms with van der Waals surface area (Å²) in [7, 11) is 1.88. The Morgan fingerprint density at radius 3 is 2.71 bits per heavy atom. The molecule has 1 atom stereocenters. The van der Waals surface area contributed by atoms with Crippen LogP contribution in [0.2, 0.25) is 0 Å². The number of hydrogen-bond donors (Lipinski definition) is 1. The number of amides is 1. The van der Waals surface area contributed by atoms with Crippen LogP contribution in [0.15, 0.2) is 24.3 Å². The van der Waals surface area contributed by atoms with Crippen molar-refractivity contribution >= 4 is 5.91 Å². The van der Waals surface area contributed by atoms with Gasteiger partial charge in [0.25, 0.3) is 0 Å². The van der Waals surface area contributed by atoms with Crippen LogP contribution in [0.1, 0.15) is 30.4 Å². The van der Waals surface area contributed by atoms with Crippen molar-refractivity contribution in [1.82, 2.24) is 9.80 Å². The van der Waals surface area contributed by atoms with E-state index in [2.05, 4.69) is 36.1 Å². The molecule has 116 valence electrons. The smallest absolute Gasteiger partial charge is 0.236 e. The lowest BCUT2D eigenvalue weighted by molar-refractivity contribution is -0.132. The molecule has 0 aromatic heterocycles. The first kappa shape index (κ1) is 16.0. The van der Waals surface area contributed by atoms with Gasteiger partial charge in [0, 0.05) is 26.2 Å². The van der Waals surface area contributed by atoms with E-state index < -0.39 is 0 Å². The van der Waals surface area contributed by atoms with Crippen LogP contribution in [0.5, 0.6) is 0 Å². The van der Waals surface area contributed by atoms with Crippen molar-refractivity contribution in [3.8, 4) is 0 Å². The summed E-state index contributed by atoms with van der Waals surface area (Å²) >= 11 is 0. The second-order valence-corrected chi connectivity index (χ2v) is 6.09.